The minimum atomic E-state index is -5.48. The van der Waals surface area contributed by atoms with Gasteiger partial charge in [0.05, 0.1) is 29.3 Å². The smallest absolute Gasteiger partial charge is 0.378 e. The number of anilines is 1. The normalized spacial score (nSPS) is 14.5. The third-order valence-corrected chi connectivity index (χ3v) is 8.64. The lowest BCUT2D eigenvalue weighted by atomic mass is 9.99. The van der Waals surface area contributed by atoms with Gasteiger partial charge in [0.1, 0.15) is 0 Å². The number of rotatable bonds is 8. The van der Waals surface area contributed by atoms with Crippen molar-refractivity contribution in [1.82, 2.24) is 4.90 Å². The van der Waals surface area contributed by atoms with E-state index in [0.29, 0.717) is 17.8 Å². The van der Waals surface area contributed by atoms with Crippen LogP contribution in [0.3, 0.4) is 0 Å². The summed E-state index contributed by atoms with van der Waals surface area (Å²) in [6.07, 6.45) is -9.49. The molecule has 0 saturated carbocycles. The van der Waals surface area contributed by atoms with Gasteiger partial charge in [-0.1, -0.05) is 36.0 Å². The fourth-order valence-electron chi connectivity index (χ4n) is 4.26. The molecular weight excluding hydrogens is 640 g/mol. The lowest BCUT2D eigenvalue weighted by Gasteiger charge is -2.25. The van der Waals surface area contributed by atoms with Crippen LogP contribution in [0.1, 0.15) is 16.7 Å². The molecule has 0 radical (unpaired) electrons. The Morgan fingerprint density at radius 3 is 2.25 bits per heavy atom. The average Bonchev–Trinajstić information content (AvgIpc) is 2.95. The van der Waals surface area contributed by atoms with Gasteiger partial charge in [0.25, 0.3) is 15.7 Å². The van der Waals surface area contributed by atoms with Crippen LogP contribution in [-0.2, 0) is 31.9 Å². The average molecular weight is 662 g/mol. The first kappa shape index (κ1) is 32.8. The fraction of sp³-hybridized carbons (Fsp3) is 0.222. The molecule has 0 spiro atoms. The van der Waals surface area contributed by atoms with Crippen LogP contribution in [-0.4, -0.2) is 50.5 Å². The highest BCUT2D eigenvalue weighted by Gasteiger charge is 2.46. The highest BCUT2D eigenvalue weighted by Crippen LogP contribution is 2.48. The maximum Gasteiger partial charge on any atom is 0.418 e. The predicted octanol–water partition coefficient (Wildman–Crippen LogP) is 6.46. The number of nitro groups is 1. The lowest BCUT2D eigenvalue weighted by molar-refractivity contribution is -0.387. The number of benzene rings is 3. The molecule has 4 rings (SSSR count). The second kappa shape index (κ2) is 12.9. The molecule has 17 heteroatoms. The Bertz CT molecular complexity index is 1700. The number of morpholine rings is 1. The maximum absolute atomic E-state index is 14.2. The topological polar surface area (TPSA) is 119 Å². The van der Waals surface area contributed by atoms with Crippen molar-refractivity contribution in [1.29, 1.82) is 0 Å². The third kappa shape index (κ3) is 7.70. The highest BCUT2D eigenvalue weighted by molar-refractivity contribution is 7.99. The van der Waals surface area contributed by atoms with E-state index in [1.165, 1.54) is 35.2 Å². The summed E-state index contributed by atoms with van der Waals surface area (Å²) < 4.78 is 118. The Balaban J connectivity index is 1.70. The minimum absolute atomic E-state index is 0.0721. The zero-order valence-electron chi connectivity index (χ0n) is 22.2. The van der Waals surface area contributed by atoms with Crippen molar-refractivity contribution in [2.75, 3.05) is 31.0 Å². The summed E-state index contributed by atoms with van der Waals surface area (Å²) in [5.41, 5.74) is -5.78. The standard InChI is InChI=1S/C27H21F6N3O6S2/c28-26(29,30)24-17(9-11-23(37)35-12-14-42-15-13-35)8-10-21(25(24)27(31,32)33)43-19-5-3-4-18(16-19)34-44(40,41)22-7-2-1-6-20(22)36(38)39/h1-11,16,34H,12-15H2. The van der Waals surface area contributed by atoms with Gasteiger partial charge in [-0.25, -0.2) is 8.42 Å². The molecule has 0 aromatic heterocycles. The molecule has 234 valence electrons. The van der Waals surface area contributed by atoms with Crippen molar-refractivity contribution in [3.8, 4) is 0 Å². The Kier molecular flexibility index (Phi) is 9.60. The zero-order valence-corrected chi connectivity index (χ0v) is 23.8. The van der Waals surface area contributed by atoms with E-state index in [4.69, 9.17) is 4.74 Å². The molecule has 1 heterocycles. The third-order valence-electron chi connectivity index (χ3n) is 6.16. The number of nitrogens with zero attached hydrogens (tertiary/aromatic N) is 2. The number of ether oxygens (including phenoxy) is 1. The van der Waals surface area contributed by atoms with Gasteiger partial charge < -0.3 is 9.64 Å². The zero-order chi connectivity index (χ0) is 32.3. The van der Waals surface area contributed by atoms with Crippen molar-refractivity contribution in [2.24, 2.45) is 0 Å². The summed E-state index contributed by atoms with van der Waals surface area (Å²) in [7, 11) is -4.54. The van der Waals surface area contributed by atoms with Gasteiger partial charge in [-0.05, 0) is 42.0 Å². The van der Waals surface area contributed by atoms with E-state index in [1.54, 1.807) is 0 Å². The maximum atomic E-state index is 14.2. The quantitative estimate of drug-likeness (QED) is 0.128. The SMILES string of the molecule is O=C(C=Cc1ccc(Sc2cccc(NS(=O)(=O)c3ccccc3[N+](=O)[O-])c2)c(C(F)(F)F)c1C(F)(F)F)N1CCOCC1. The molecule has 0 atom stereocenters. The van der Waals surface area contributed by atoms with Crippen LogP contribution < -0.4 is 4.72 Å². The van der Waals surface area contributed by atoms with Crippen LogP contribution in [0.25, 0.3) is 6.08 Å². The van der Waals surface area contributed by atoms with Gasteiger partial charge in [-0.2, -0.15) is 26.3 Å². The first-order valence-electron chi connectivity index (χ1n) is 12.5. The molecule has 0 bridgehead atoms. The van der Waals surface area contributed by atoms with E-state index in [0.717, 1.165) is 36.4 Å². The van der Waals surface area contributed by atoms with Gasteiger partial charge in [-0.15, -0.1) is 0 Å². The number of amides is 1. The number of alkyl halides is 6. The van der Waals surface area contributed by atoms with Crippen LogP contribution in [0.5, 0.6) is 0 Å². The summed E-state index contributed by atoms with van der Waals surface area (Å²) in [5, 5.41) is 11.3. The number of carbonyl (C=O) groups is 1. The van der Waals surface area contributed by atoms with Gasteiger partial charge in [0.2, 0.25) is 5.91 Å². The number of para-hydroxylation sites is 1. The summed E-state index contributed by atoms with van der Waals surface area (Å²) in [6, 6.07) is 10.9. The molecule has 3 aromatic carbocycles. The van der Waals surface area contributed by atoms with E-state index in [2.05, 4.69) is 4.72 Å². The van der Waals surface area contributed by atoms with Crippen molar-refractivity contribution >= 4 is 45.1 Å². The van der Waals surface area contributed by atoms with Crippen LogP contribution >= 0.6 is 11.8 Å². The lowest BCUT2D eigenvalue weighted by Crippen LogP contribution is -2.39. The Morgan fingerprint density at radius 1 is 0.955 bits per heavy atom. The first-order chi connectivity index (χ1) is 20.6. The summed E-state index contributed by atoms with van der Waals surface area (Å²) in [5.74, 6) is -0.687. The molecule has 1 fully saturated rings. The number of sulfonamides is 1. The van der Waals surface area contributed by atoms with Gasteiger partial charge in [-0.3, -0.25) is 19.6 Å². The second-order valence-electron chi connectivity index (χ2n) is 9.13. The first-order valence-corrected chi connectivity index (χ1v) is 14.8. The van der Waals surface area contributed by atoms with Crippen molar-refractivity contribution in [3.63, 3.8) is 0 Å². The number of nitrogens with one attached hydrogen (secondary N) is 1. The number of halogens is 6. The monoisotopic (exact) mass is 661 g/mol. The molecule has 1 aliphatic heterocycles. The largest absolute Gasteiger partial charge is 0.418 e. The number of carbonyl (C=O) groups excluding carboxylic acids is 1. The van der Waals surface area contributed by atoms with E-state index in [1.807, 2.05) is 0 Å². The Morgan fingerprint density at radius 2 is 1.61 bits per heavy atom. The van der Waals surface area contributed by atoms with Crippen molar-refractivity contribution < 1.29 is 49.2 Å². The molecule has 1 N–H and O–H groups in total. The van der Waals surface area contributed by atoms with Crippen LogP contribution in [0.15, 0.2) is 81.4 Å². The molecule has 0 unspecified atom stereocenters. The highest BCUT2D eigenvalue weighted by atomic mass is 32.2. The summed E-state index contributed by atoms with van der Waals surface area (Å²) >= 11 is 0.295. The van der Waals surface area contributed by atoms with Gasteiger partial charge in [0, 0.05) is 40.7 Å². The van der Waals surface area contributed by atoms with Crippen molar-refractivity contribution in [2.45, 2.75) is 27.0 Å². The van der Waals surface area contributed by atoms with Gasteiger partial charge >= 0.3 is 12.4 Å². The molecule has 1 amide bonds. The van der Waals surface area contributed by atoms with Crippen LogP contribution in [0.2, 0.25) is 0 Å². The van der Waals surface area contributed by atoms with Crippen molar-refractivity contribution in [3.05, 3.63) is 93.5 Å². The molecule has 1 aliphatic rings. The molecular formula is C27H21F6N3O6S2. The predicted molar refractivity (Wildman–Crippen MR) is 147 cm³/mol. The fourth-order valence-corrected chi connectivity index (χ4v) is 6.52. The molecule has 44 heavy (non-hydrogen) atoms. The van der Waals surface area contributed by atoms with Gasteiger partial charge in [0.15, 0.2) is 4.90 Å². The number of hydrogen-bond acceptors (Lipinski definition) is 7. The summed E-state index contributed by atoms with van der Waals surface area (Å²) in [6.45, 7) is 0.783. The number of nitro benzene ring substituents is 1. The molecule has 3 aromatic rings. The Labute approximate surface area is 250 Å². The van der Waals surface area contributed by atoms with E-state index >= 15 is 0 Å². The van der Waals surface area contributed by atoms with Crippen LogP contribution in [0.4, 0.5) is 37.7 Å². The minimum Gasteiger partial charge on any atom is -0.378 e. The number of hydrogen-bond donors (Lipinski definition) is 1. The van der Waals surface area contributed by atoms with E-state index in [-0.39, 0.29) is 36.9 Å². The van der Waals surface area contributed by atoms with E-state index in [9.17, 15) is 49.7 Å². The second-order valence-corrected chi connectivity index (χ2v) is 11.9. The molecule has 0 aliphatic carbocycles. The summed E-state index contributed by atoms with van der Waals surface area (Å²) in [4.78, 5) is 22.5. The molecule has 9 nitrogen and oxygen atoms in total. The van der Waals surface area contributed by atoms with Crippen LogP contribution in [0, 0.1) is 10.1 Å². The van der Waals surface area contributed by atoms with E-state index < -0.39 is 65.4 Å². The molecule has 1 saturated heterocycles. The Hall–Kier alpha value is -4.09.